The lowest BCUT2D eigenvalue weighted by atomic mass is 10.1. The molecule has 0 atom stereocenters. The van der Waals surface area contributed by atoms with Crippen LogP contribution in [-0.4, -0.2) is 47.1 Å². The van der Waals surface area contributed by atoms with Crippen molar-refractivity contribution in [2.75, 3.05) is 20.6 Å². The van der Waals surface area contributed by atoms with Crippen molar-refractivity contribution >= 4 is 29.5 Å². The number of aryl methyl sites for hydroxylation is 2. The minimum absolute atomic E-state index is 0.000919. The number of amides is 2. The fraction of sp³-hybridized carbons (Fsp3) is 0.316. The van der Waals surface area contributed by atoms with E-state index in [-0.39, 0.29) is 18.4 Å². The predicted molar refractivity (Wildman–Crippen MR) is 103 cm³/mol. The number of nitrogens with one attached hydrogen (secondary N) is 1. The van der Waals surface area contributed by atoms with Crippen LogP contribution in [0.1, 0.15) is 22.4 Å². The Morgan fingerprint density at radius 3 is 2.54 bits per heavy atom. The van der Waals surface area contributed by atoms with Crippen LogP contribution >= 0.6 is 11.6 Å². The number of hydrogen-bond donors (Lipinski definition) is 1. The summed E-state index contributed by atoms with van der Waals surface area (Å²) in [6, 6.07) is 8.16. The van der Waals surface area contributed by atoms with Crippen LogP contribution in [0.15, 0.2) is 30.3 Å². The Labute approximate surface area is 158 Å². The zero-order valence-corrected chi connectivity index (χ0v) is 16.2. The van der Waals surface area contributed by atoms with E-state index in [4.69, 9.17) is 11.6 Å². The minimum Gasteiger partial charge on any atom is -0.358 e. The van der Waals surface area contributed by atoms with E-state index in [0.717, 1.165) is 11.3 Å². The summed E-state index contributed by atoms with van der Waals surface area (Å²) in [6.45, 7) is 4.43. The summed E-state index contributed by atoms with van der Waals surface area (Å²) in [5, 5.41) is 7.41. The van der Waals surface area contributed by atoms with E-state index in [1.807, 2.05) is 38.1 Å². The number of rotatable bonds is 6. The number of halogens is 1. The second-order valence-electron chi connectivity index (χ2n) is 6.13. The van der Waals surface area contributed by atoms with Gasteiger partial charge in [0.2, 0.25) is 11.8 Å². The van der Waals surface area contributed by atoms with Crippen LogP contribution in [0.5, 0.6) is 0 Å². The van der Waals surface area contributed by atoms with Crippen molar-refractivity contribution < 1.29 is 9.59 Å². The van der Waals surface area contributed by atoms with Gasteiger partial charge in [0.1, 0.15) is 5.15 Å². The topological polar surface area (TPSA) is 67.2 Å². The maximum atomic E-state index is 12.1. The molecule has 0 radical (unpaired) electrons. The van der Waals surface area contributed by atoms with Crippen LogP contribution in [0, 0.1) is 13.8 Å². The SMILES string of the molecule is CNC(=O)CN(C)C(=O)/C=C/c1c(C)nn(Cc2ccc(C)cc2)c1Cl. The minimum atomic E-state index is -0.282. The van der Waals surface area contributed by atoms with Gasteiger partial charge in [-0.05, 0) is 25.5 Å². The molecule has 0 aliphatic carbocycles. The summed E-state index contributed by atoms with van der Waals surface area (Å²) in [6.07, 6.45) is 3.04. The average Bonchev–Trinajstić information content (AvgIpc) is 2.88. The number of hydrogen-bond acceptors (Lipinski definition) is 3. The molecule has 6 nitrogen and oxygen atoms in total. The van der Waals surface area contributed by atoms with Gasteiger partial charge < -0.3 is 10.2 Å². The van der Waals surface area contributed by atoms with Crippen molar-refractivity contribution in [3.8, 4) is 0 Å². The molecule has 0 bridgehead atoms. The molecule has 0 aliphatic heterocycles. The predicted octanol–water partition coefficient (Wildman–Crippen LogP) is 2.42. The van der Waals surface area contributed by atoms with Crippen LogP contribution in [0.25, 0.3) is 6.08 Å². The Morgan fingerprint density at radius 1 is 1.27 bits per heavy atom. The fourth-order valence-electron chi connectivity index (χ4n) is 2.38. The summed E-state index contributed by atoms with van der Waals surface area (Å²) in [5.41, 5.74) is 3.72. The second kappa shape index (κ2) is 8.67. The molecule has 7 heteroatoms. The van der Waals surface area contributed by atoms with Gasteiger partial charge in [0.05, 0.1) is 18.8 Å². The lowest BCUT2D eigenvalue weighted by molar-refractivity contribution is -0.130. The van der Waals surface area contributed by atoms with Crippen LogP contribution in [-0.2, 0) is 16.1 Å². The molecule has 1 N–H and O–H groups in total. The summed E-state index contributed by atoms with van der Waals surface area (Å²) in [5.74, 6) is -0.510. The highest BCUT2D eigenvalue weighted by molar-refractivity contribution is 6.31. The van der Waals surface area contributed by atoms with E-state index < -0.39 is 0 Å². The van der Waals surface area contributed by atoms with E-state index in [9.17, 15) is 9.59 Å². The first kappa shape index (κ1) is 19.7. The second-order valence-corrected chi connectivity index (χ2v) is 6.49. The number of benzene rings is 1. The lowest BCUT2D eigenvalue weighted by Crippen LogP contribution is -2.36. The molecule has 2 amide bonds. The number of carbonyl (C=O) groups excluding carboxylic acids is 2. The molecule has 26 heavy (non-hydrogen) atoms. The molecule has 0 spiro atoms. The van der Waals surface area contributed by atoms with E-state index >= 15 is 0 Å². The number of carbonyl (C=O) groups is 2. The van der Waals surface area contributed by atoms with Gasteiger partial charge in [0.15, 0.2) is 0 Å². The molecular weight excluding hydrogens is 352 g/mol. The Balaban J connectivity index is 2.12. The van der Waals surface area contributed by atoms with Gasteiger partial charge in [-0.3, -0.25) is 9.59 Å². The Bertz CT molecular complexity index is 825. The van der Waals surface area contributed by atoms with Crippen LogP contribution in [0.3, 0.4) is 0 Å². The van der Waals surface area contributed by atoms with Crippen molar-refractivity contribution in [3.05, 3.63) is 57.9 Å². The molecule has 1 aromatic carbocycles. The van der Waals surface area contributed by atoms with E-state index in [1.165, 1.54) is 23.6 Å². The summed E-state index contributed by atoms with van der Waals surface area (Å²) in [4.78, 5) is 24.8. The van der Waals surface area contributed by atoms with Gasteiger partial charge in [0.25, 0.3) is 0 Å². The van der Waals surface area contributed by atoms with Crippen LogP contribution < -0.4 is 5.32 Å². The fourth-order valence-corrected chi connectivity index (χ4v) is 2.68. The first-order valence-electron chi connectivity index (χ1n) is 8.24. The largest absolute Gasteiger partial charge is 0.358 e. The number of aromatic nitrogens is 2. The van der Waals surface area contributed by atoms with Crippen molar-refractivity contribution in [2.45, 2.75) is 20.4 Å². The first-order chi connectivity index (χ1) is 12.3. The summed E-state index contributed by atoms with van der Waals surface area (Å²) >= 11 is 6.44. The first-order valence-corrected chi connectivity index (χ1v) is 8.61. The highest BCUT2D eigenvalue weighted by Crippen LogP contribution is 2.22. The summed E-state index contributed by atoms with van der Waals surface area (Å²) in [7, 11) is 3.10. The van der Waals surface area contributed by atoms with E-state index in [1.54, 1.807) is 17.8 Å². The van der Waals surface area contributed by atoms with Crippen LogP contribution in [0.4, 0.5) is 0 Å². The van der Waals surface area contributed by atoms with E-state index in [2.05, 4.69) is 10.4 Å². The van der Waals surface area contributed by atoms with Gasteiger partial charge in [-0.25, -0.2) is 4.68 Å². The van der Waals surface area contributed by atoms with Gasteiger partial charge in [-0.2, -0.15) is 5.10 Å². The monoisotopic (exact) mass is 374 g/mol. The molecule has 1 aromatic heterocycles. The third kappa shape index (κ3) is 4.95. The van der Waals surface area contributed by atoms with E-state index in [0.29, 0.717) is 17.3 Å². The van der Waals surface area contributed by atoms with Crippen LogP contribution in [0.2, 0.25) is 5.15 Å². The highest BCUT2D eigenvalue weighted by Gasteiger charge is 2.13. The molecule has 0 saturated carbocycles. The van der Waals surface area contributed by atoms with Gasteiger partial charge in [-0.1, -0.05) is 41.4 Å². The lowest BCUT2D eigenvalue weighted by Gasteiger charge is -2.13. The third-order valence-electron chi connectivity index (χ3n) is 3.99. The standard InChI is InChI=1S/C19H23ClN4O2/c1-13-5-7-15(8-6-13)11-24-19(20)16(14(2)22-24)9-10-18(26)23(4)12-17(25)21-3/h5-10H,11-12H2,1-4H3,(H,21,25)/b10-9+. The zero-order valence-electron chi connectivity index (χ0n) is 15.4. The Kier molecular flexibility index (Phi) is 6.58. The molecule has 0 fully saturated rings. The summed E-state index contributed by atoms with van der Waals surface area (Å²) < 4.78 is 1.71. The third-order valence-corrected chi connectivity index (χ3v) is 4.39. The molecule has 1 heterocycles. The molecule has 138 valence electrons. The van der Waals surface area contributed by atoms with Crippen molar-refractivity contribution in [1.82, 2.24) is 20.0 Å². The average molecular weight is 375 g/mol. The maximum absolute atomic E-state index is 12.1. The smallest absolute Gasteiger partial charge is 0.246 e. The normalized spacial score (nSPS) is 11.0. The van der Waals surface area contributed by atoms with Crippen molar-refractivity contribution in [1.29, 1.82) is 0 Å². The number of likely N-dealkylation sites (N-methyl/N-ethyl adjacent to an activating group) is 2. The molecule has 0 saturated heterocycles. The number of nitrogens with zero attached hydrogens (tertiary/aromatic N) is 3. The maximum Gasteiger partial charge on any atom is 0.246 e. The molecule has 0 aliphatic rings. The van der Waals surface area contributed by atoms with Crippen molar-refractivity contribution in [3.63, 3.8) is 0 Å². The van der Waals surface area contributed by atoms with Gasteiger partial charge >= 0.3 is 0 Å². The van der Waals surface area contributed by atoms with Gasteiger partial charge in [-0.15, -0.1) is 0 Å². The van der Waals surface area contributed by atoms with Crippen molar-refractivity contribution in [2.24, 2.45) is 0 Å². The molecule has 0 unspecified atom stereocenters. The zero-order chi connectivity index (χ0) is 19.3. The molecule has 2 rings (SSSR count). The molecular formula is C19H23ClN4O2. The Hall–Kier alpha value is -2.60. The molecule has 2 aromatic rings. The highest BCUT2D eigenvalue weighted by atomic mass is 35.5. The van der Waals surface area contributed by atoms with Gasteiger partial charge in [0, 0.05) is 25.7 Å². The Morgan fingerprint density at radius 2 is 1.92 bits per heavy atom. The quantitative estimate of drug-likeness (QED) is 0.789.